The van der Waals surface area contributed by atoms with E-state index in [0.717, 1.165) is 11.3 Å². The van der Waals surface area contributed by atoms with Gasteiger partial charge in [-0.3, -0.25) is 0 Å². The largest absolute Gasteiger partial charge is 0.494 e. The number of aliphatic hydroxyl groups is 4. The van der Waals surface area contributed by atoms with Crippen LogP contribution in [0.4, 0.5) is 4.39 Å². The van der Waals surface area contributed by atoms with E-state index in [1.807, 2.05) is 31.2 Å². The van der Waals surface area contributed by atoms with E-state index >= 15 is 0 Å². The first-order valence-corrected chi connectivity index (χ1v) is 10.2. The Kier molecular flexibility index (Phi) is 6.27. The second-order valence-corrected chi connectivity index (χ2v) is 7.67. The van der Waals surface area contributed by atoms with E-state index in [2.05, 4.69) is 0 Å². The topological polar surface area (TPSA) is 104 Å². The summed E-state index contributed by atoms with van der Waals surface area (Å²) in [4.78, 5) is 0. The van der Waals surface area contributed by atoms with E-state index in [9.17, 15) is 24.8 Å². The first kappa shape index (κ1) is 21.7. The predicted octanol–water partition coefficient (Wildman–Crippen LogP) is 1.74. The summed E-state index contributed by atoms with van der Waals surface area (Å²) in [5.41, 5.74) is 2.10. The molecule has 4 rings (SSSR count). The third kappa shape index (κ3) is 4.05. The molecule has 4 N–H and O–H groups in total. The number of hydrogen-bond donors (Lipinski definition) is 4. The van der Waals surface area contributed by atoms with Gasteiger partial charge in [-0.15, -0.1) is 0 Å². The molecule has 31 heavy (non-hydrogen) atoms. The van der Waals surface area contributed by atoms with Crippen molar-refractivity contribution in [3.63, 3.8) is 0 Å². The minimum absolute atomic E-state index is 0.383. The fraction of sp³-hybridized carbons (Fsp3) is 0.391. The zero-order valence-electron chi connectivity index (χ0n) is 17.1. The maximum Gasteiger partial charge on any atom is 0.163 e. The van der Waals surface area contributed by atoms with Gasteiger partial charge in [-0.2, -0.15) is 0 Å². The van der Waals surface area contributed by atoms with E-state index in [1.165, 1.54) is 6.07 Å². The van der Waals surface area contributed by atoms with Crippen molar-refractivity contribution in [3.8, 4) is 5.75 Å². The van der Waals surface area contributed by atoms with Gasteiger partial charge in [-0.05, 0) is 48.7 Å². The minimum atomic E-state index is -1.52. The lowest BCUT2D eigenvalue weighted by molar-refractivity contribution is -0.250. The summed E-state index contributed by atoms with van der Waals surface area (Å²) < 4.78 is 27.5. The summed E-state index contributed by atoms with van der Waals surface area (Å²) in [5, 5.41) is 40.7. The van der Waals surface area contributed by atoms with Crippen LogP contribution in [0.25, 0.3) is 10.9 Å². The summed E-state index contributed by atoms with van der Waals surface area (Å²) in [6.07, 6.45) is -4.49. The van der Waals surface area contributed by atoms with Crippen LogP contribution >= 0.6 is 0 Å². The second-order valence-electron chi connectivity index (χ2n) is 7.67. The molecule has 0 radical (unpaired) electrons. The SMILES string of the molecule is CCOc1ccc(Cc2cn([C@@H]3O[C@H](CO)[C@@H](O)[C@H](O)[C@H]3O)c3cccc(F)c23)cc1. The van der Waals surface area contributed by atoms with Gasteiger partial charge >= 0.3 is 0 Å². The molecule has 1 aliphatic rings. The first-order valence-electron chi connectivity index (χ1n) is 10.2. The van der Waals surface area contributed by atoms with E-state index < -0.39 is 43.1 Å². The normalized spacial score (nSPS) is 26.3. The number of hydrogen-bond acceptors (Lipinski definition) is 6. The van der Waals surface area contributed by atoms with Crippen LogP contribution in [0.5, 0.6) is 5.75 Å². The summed E-state index contributed by atoms with van der Waals surface area (Å²) in [7, 11) is 0. The van der Waals surface area contributed by atoms with Crippen LogP contribution in [0.15, 0.2) is 48.7 Å². The highest BCUT2D eigenvalue weighted by Gasteiger charge is 2.44. The Balaban J connectivity index is 1.73. The summed E-state index contributed by atoms with van der Waals surface area (Å²) >= 11 is 0. The zero-order chi connectivity index (χ0) is 22.1. The van der Waals surface area contributed by atoms with Crippen molar-refractivity contribution < 1.29 is 34.3 Å². The van der Waals surface area contributed by atoms with Crippen LogP contribution < -0.4 is 4.74 Å². The van der Waals surface area contributed by atoms with E-state index in [4.69, 9.17) is 9.47 Å². The molecule has 1 saturated heterocycles. The average molecular weight is 431 g/mol. The van der Waals surface area contributed by atoms with Crippen molar-refractivity contribution in [3.05, 3.63) is 65.6 Å². The quantitative estimate of drug-likeness (QED) is 0.474. The number of benzene rings is 2. The van der Waals surface area contributed by atoms with E-state index in [1.54, 1.807) is 22.9 Å². The van der Waals surface area contributed by atoms with Crippen molar-refractivity contribution in [2.24, 2.45) is 0 Å². The monoisotopic (exact) mass is 431 g/mol. The molecule has 7 nitrogen and oxygen atoms in total. The Morgan fingerprint density at radius 1 is 1.03 bits per heavy atom. The van der Waals surface area contributed by atoms with Crippen LogP contribution in [0.2, 0.25) is 0 Å². The lowest BCUT2D eigenvalue weighted by Crippen LogP contribution is -2.56. The van der Waals surface area contributed by atoms with Gasteiger partial charge < -0.3 is 34.5 Å². The molecule has 0 spiro atoms. The first-order chi connectivity index (χ1) is 14.9. The lowest BCUT2D eigenvalue weighted by atomic mass is 9.98. The average Bonchev–Trinajstić information content (AvgIpc) is 3.13. The Labute approximate surface area is 178 Å². The highest BCUT2D eigenvalue weighted by atomic mass is 19.1. The fourth-order valence-corrected chi connectivity index (χ4v) is 4.09. The fourth-order valence-electron chi connectivity index (χ4n) is 4.09. The van der Waals surface area contributed by atoms with Gasteiger partial charge in [0.15, 0.2) is 6.23 Å². The molecule has 0 unspecified atom stereocenters. The van der Waals surface area contributed by atoms with Crippen LogP contribution in [0.1, 0.15) is 24.3 Å². The Morgan fingerprint density at radius 3 is 2.45 bits per heavy atom. The molecule has 0 aliphatic carbocycles. The zero-order valence-corrected chi connectivity index (χ0v) is 17.1. The third-order valence-corrected chi connectivity index (χ3v) is 5.66. The van der Waals surface area contributed by atoms with E-state index in [-0.39, 0.29) is 0 Å². The molecule has 0 amide bonds. The summed E-state index contributed by atoms with van der Waals surface area (Å²) in [6, 6.07) is 12.1. The summed E-state index contributed by atoms with van der Waals surface area (Å²) in [5.74, 6) is 0.336. The molecular formula is C23H26FNO6. The molecular weight excluding hydrogens is 405 g/mol. The Morgan fingerprint density at radius 2 is 1.77 bits per heavy atom. The maximum atomic E-state index is 14.8. The number of rotatable bonds is 6. The van der Waals surface area contributed by atoms with Crippen LogP contribution in [0.3, 0.4) is 0 Å². The lowest BCUT2D eigenvalue weighted by Gasteiger charge is -2.40. The molecule has 1 fully saturated rings. The summed E-state index contributed by atoms with van der Waals surface area (Å²) in [6.45, 7) is 1.94. The predicted molar refractivity (Wildman–Crippen MR) is 111 cm³/mol. The number of aromatic nitrogens is 1. The van der Waals surface area contributed by atoms with Gasteiger partial charge in [0.1, 0.15) is 36.0 Å². The van der Waals surface area contributed by atoms with Crippen LogP contribution in [-0.2, 0) is 11.2 Å². The Bertz CT molecular complexity index is 1030. The third-order valence-electron chi connectivity index (χ3n) is 5.66. The van der Waals surface area contributed by atoms with Crippen molar-refractivity contribution >= 4 is 10.9 Å². The van der Waals surface area contributed by atoms with Gasteiger partial charge in [0.2, 0.25) is 0 Å². The number of aliphatic hydroxyl groups excluding tert-OH is 4. The molecule has 8 heteroatoms. The number of nitrogens with zero attached hydrogens (tertiary/aromatic N) is 1. The molecule has 0 bridgehead atoms. The molecule has 166 valence electrons. The smallest absolute Gasteiger partial charge is 0.163 e. The standard InChI is InChI=1S/C23H26FNO6/c1-2-30-15-8-6-13(7-9-15)10-14-11-25(17-5-3-4-16(24)19(14)17)23-22(29)21(28)20(27)18(12-26)31-23/h3-9,11,18,20-23,26-29H,2,10,12H2,1H3/t18-,20-,21+,22-,23-/m1/s1. The van der Waals surface area contributed by atoms with Gasteiger partial charge in [-0.1, -0.05) is 18.2 Å². The van der Waals surface area contributed by atoms with Crippen LogP contribution in [-0.4, -0.2) is 62.6 Å². The van der Waals surface area contributed by atoms with Crippen molar-refractivity contribution in [1.82, 2.24) is 4.57 Å². The van der Waals surface area contributed by atoms with Crippen molar-refractivity contribution in [2.45, 2.75) is 44.0 Å². The van der Waals surface area contributed by atoms with Gasteiger partial charge in [-0.25, -0.2) is 4.39 Å². The number of halogens is 1. The van der Waals surface area contributed by atoms with Crippen molar-refractivity contribution in [2.75, 3.05) is 13.2 Å². The molecule has 0 saturated carbocycles. The maximum absolute atomic E-state index is 14.8. The van der Waals surface area contributed by atoms with Gasteiger partial charge in [0.05, 0.1) is 18.7 Å². The molecule has 5 atom stereocenters. The van der Waals surface area contributed by atoms with Crippen molar-refractivity contribution in [1.29, 1.82) is 0 Å². The van der Waals surface area contributed by atoms with E-state index in [0.29, 0.717) is 29.5 Å². The van der Waals surface area contributed by atoms with Gasteiger partial charge in [0, 0.05) is 11.6 Å². The molecule has 1 aromatic heterocycles. The van der Waals surface area contributed by atoms with Gasteiger partial charge in [0.25, 0.3) is 0 Å². The number of ether oxygens (including phenoxy) is 2. The highest BCUT2D eigenvalue weighted by Crippen LogP contribution is 2.35. The second kappa shape index (κ2) is 8.94. The molecule has 2 aromatic carbocycles. The molecule has 3 aromatic rings. The molecule has 2 heterocycles. The number of fused-ring (bicyclic) bond motifs is 1. The van der Waals surface area contributed by atoms with Crippen LogP contribution in [0, 0.1) is 5.82 Å². The Hall–Kier alpha value is -2.49. The minimum Gasteiger partial charge on any atom is -0.494 e. The molecule has 1 aliphatic heterocycles. The highest BCUT2D eigenvalue weighted by molar-refractivity contribution is 5.85.